The zero-order valence-corrected chi connectivity index (χ0v) is 12.5. The lowest BCUT2D eigenvalue weighted by atomic mass is 10.0. The molecule has 3 nitrogen and oxygen atoms in total. The van der Waals surface area contributed by atoms with Gasteiger partial charge >= 0.3 is 0 Å². The molecule has 0 atom stereocenters. The number of rotatable bonds is 9. The van der Waals surface area contributed by atoms with E-state index in [-0.39, 0.29) is 5.75 Å². The molecule has 0 heterocycles. The van der Waals surface area contributed by atoms with Crippen molar-refractivity contribution in [3.63, 3.8) is 0 Å². The van der Waals surface area contributed by atoms with Gasteiger partial charge in [-0.3, -0.25) is 4.55 Å². The summed E-state index contributed by atoms with van der Waals surface area (Å²) in [4.78, 5) is 0. The average Bonchev–Trinajstić information content (AvgIpc) is 2.33. The number of unbranched alkanes of at least 4 members (excludes halogenated alkanes) is 5. The fraction of sp³-hybridized carbons (Fsp3) is 0.600. The first-order valence-corrected chi connectivity index (χ1v) is 8.59. The Bertz CT molecular complexity index is 466. The van der Waals surface area contributed by atoms with Crippen molar-refractivity contribution >= 4 is 10.1 Å². The molecule has 19 heavy (non-hydrogen) atoms. The minimum absolute atomic E-state index is 0.101. The van der Waals surface area contributed by atoms with Crippen LogP contribution in [-0.4, -0.2) is 18.7 Å². The van der Waals surface area contributed by atoms with Crippen LogP contribution >= 0.6 is 0 Å². The Balaban J connectivity index is 2.02. The number of aryl methyl sites for hydroxylation is 2. The van der Waals surface area contributed by atoms with E-state index in [2.05, 4.69) is 31.2 Å². The molecule has 0 saturated carbocycles. The zero-order valence-electron chi connectivity index (χ0n) is 11.6. The molecule has 0 amide bonds. The molecule has 0 fully saturated rings. The molecular formula is C15H24O3S. The lowest BCUT2D eigenvalue weighted by molar-refractivity contribution is 0.478. The normalized spacial score (nSPS) is 11.7. The highest BCUT2D eigenvalue weighted by molar-refractivity contribution is 7.85. The van der Waals surface area contributed by atoms with Gasteiger partial charge in [0.15, 0.2) is 0 Å². The van der Waals surface area contributed by atoms with Gasteiger partial charge in [-0.05, 0) is 37.3 Å². The van der Waals surface area contributed by atoms with Gasteiger partial charge in [0.05, 0.1) is 5.75 Å². The third kappa shape index (κ3) is 8.01. The summed E-state index contributed by atoms with van der Waals surface area (Å²) in [6.45, 7) is 2.14. The fourth-order valence-electron chi connectivity index (χ4n) is 2.20. The van der Waals surface area contributed by atoms with Crippen molar-refractivity contribution in [1.29, 1.82) is 0 Å². The summed E-state index contributed by atoms with van der Waals surface area (Å²) in [5.74, 6) is -0.101. The molecule has 1 aromatic rings. The Morgan fingerprint density at radius 1 is 0.947 bits per heavy atom. The van der Waals surface area contributed by atoms with E-state index in [4.69, 9.17) is 4.55 Å². The van der Waals surface area contributed by atoms with E-state index in [9.17, 15) is 8.42 Å². The minimum atomic E-state index is -3.76. The van der Waals surface area contributed by atoms with Gasteiger partial charge in [-0.15, -0.1) is 0 Å². The summed E-state index contributed by atoms with van der Waals surface area (Å²) in [7, 11) is -3.76. The van der Waals surface area contributed by atoms with Crippen LogP contribution in [0.3, 0.4) is 0 Å². The zero-order chi connectivity index (χ0) is 14.1. The summed E-state index contributed by atoms with van der Waals surface area (Å²) >= 11 is 0. The molecule has 0 aliphatic carbocycles. The van der Waals surface area contributed by atoms with E-state index in [1.165, 1.54) is 24.0 Å². The Hall–Kier alpha value is -0.870. The van der Waals surface area contributed by atoms with Crippen molar-refractivity contribution in [2.24, 2.45) is 0 Å². The van der Waals surface area contributed by atoms with Crippen LogP contribution in [0.2, 0.25) is 0 Å². The smallest absolute Gasteiger partial charge is 0.264 e. The Morgan fingerprint density at radius 2 is 1.53 bits per heavy atom. The maximum Gasteiger partial charge on any atom is 0.264 e. The summed E-state index contributed by atoms with van der Waals surface area (Å²) < 4.78 is 29.6. The van der Waals surface area contributed by atoms with Crippen LogP contribution in [0, 0.1) is 6.92 Å². The highest BCUT2D eigenvalue weighted by Crippen LogP contribution is 2.13. The maximum absolute atomic E-state index is 10.5. The van der Waals surface area contributed by atoms with Crippen molar-refractivity contribution in [3.8, 4) is 0 Å². The second-order valence-electron chi connectivity index (χ2n) is 5.08. The van der Waals surface area contributed by atoms with Gasteiger partial charge < -0.3 is 0 Å². The van der Waals surface area contributed by atoms with Gasteiger partial charge in [-0.2, -0.15) is 8.42 Å². The molecule has 0 spiro atoms. The van der Waals surface area contributed by atoms with Crippen molar-refractivity contribution in [2.75, 3.05) is 5.75 Å². The molecule has 0 radical (unpaired) electrons. The topological polar surface area (TPSA) is 54.4 Å². The summed E-state index contributed by atoms with van der Waals surface area (Å²) in [6, 6.07) is 8.47. The molecule has 1 aromatic carbocycles. The predicted molar refractivity (Wildman–Crippen MR) is 79.0 cm³/mol. The summed E-state index contributed by atoms with van der Waals surface area (Å²) in [6.07, 6.45) is 7.11. The quantitative estimate of drug-likeness (QED) is 0.555. The van der Waals surface area contributed by atoms with Crippen LogP contribution in [0.5, 0.6) is 0 Å². The Kier molecular flexibility index (Phi) is 7.10. The van der Waals surface area contributed by atoms with Crippen LogP contribution in [0.4, 0.5) is 0 Å². The fourth-order valence-corrected chi connectivity index (χ4v) is 2.77. The second-order valence-corrected chi connectivity index (χ2v) is 6.66. The van der Waals surface area contributed by atoms with Gasteiger partial charge in [0.2, 0.25) is 0 Å². The Labute approximate surface area is 116 Å². The molecule has 0 aromatic heterocycles. The third-order valence-corrected chi connectivity index (χ3v) is 4.16. The molecule has 0 saturated heterocycles. The minimum Gasteiger partial charge on any atom is -0.286 e. The largest absolute Gasteiger partial charge is 0.286 e. The van der Waals surface area contributed by atoms with Crippen molar-refractivity contribution in [1.82, 2.24) is 0 Å². The van der Waals surface area contributed by atoms with Crippen LogP contribution in [-0.2, 0) is 16.5 Å². The summed E-state index contributed by atoms with van der Waals surface area (Å²) in [5.41, 5.74) is 2.78. The monoisotopic (exact) mass is 284 g/mol. The van der Waals surface area contributed by atoms with E-state index in [0.717, 1.165) is 25.7 Å². The van der Waals surface area contributed by atoms with Gasteiger partial charge in [-0.25, -0.2) is 0 Å². The number of hydrogen-bond donors (Lipinski definition) is 1. The first-order chi connectivity index (χ1) is 8.99. The standard InChI is InChI=1S/C15H24O3S/c1-14-10-7-8-12-15(14)11-6-4-2-3-5-9-13-19(16,17)18/h7-8,10,12H,2-6,9,11,13H2,1H3,(H,16,17,18). The molecule has 1 N–H and O–H groups in total. The molecule has 0 aliphatic heterocycles. The van der Waals surface area contributed by atoms with Crippen LogP contribution < -0.4 is 0 Å². The Morgan fingerprint density at radius 3 is 2.16 bits per heavy atom. The van der Waals surface area contributed by atoms with E-state index in [1.54, 1.807) is 0 Å². The van der Waals surface area contributed by atoms with E-state index in [0.29, 0.717) is 6.42 Å². The number of hydrogen-bond acceptors (Lipinski definition) is 2. The highest BCUT2D eigenvalue weighted by Gasteiger charge is 2.03. The molecular weight excluding hydrogens is 260 g/mol. The molecule has 0 aliphatic rings. The first-order valence-electron chi connectivity index (χ1n) is 6.99. The SMILES string of the molecule is Cc1ccccc1CCCCCCCCS(=O)(=O)O. The van der Waals surface area contributed by atoms with Gasteiger partial charge in [-0.1, -0.05) is 49.9 Å². The molecule has 0 bridgehead atoms. The lowest BCUT2D eigenvalue weighted by Crippen LogP contribution is -2.03. The summed E-state index contributed by atoms with van der Waals surface area (Å²) in [5, 5.41) is 0. The van der Waals surface area contributed by atoms with Crippen molar-refractivity contribution in [2.45, 2.75) is 51.9 Å². The van der Waals surface area contributed by atoms with E-state index in [1.807, 2.05) is 0 Å². The number of benzene rings is 1. The average molecular weight is 284 g/mol. The van der Waals surface area contributed by atoms with Gasteiger partial charge in [0, 0.05) is 0 Å². The van der Waals surface area contributed by atoms with Gasteiger partial charge in [0.1, 0.15) is 0 Å². The van der Waals surface area contributed by atoms with Crippen LogP contribution in [0.1, 0.15) is 49.7 Å². The van der Waals surface area contributed by atoms with Gasteiger partial charge in [0.25, 0.3) is 10.1 Å². The molecule has 1 rings (SSSR count). The molecule has 4 heteroatoms. The first kappa shape index (κ1) is 16.2. The second kappa shape index (κ2) is 8.33. The van der Waals surface area contributed by atoms with Crippen LogP contribution in [0.15, 0.2) is 24.3 Å². The molecule has 108 valence electrons. The van der Waals surface area contributed by atoms with E-state index >= 15 is 0 Å². The van der Waals surface area contributed by atoms with E-state index < -0.39 is 10.1 Å². The molecule has 0 unspecified atom stereocenters. The van der Waals surface area contributed by atoms with Crippen molar-refractivity contribution < 1.29 is 13.0 Å². The maximum atomic E-state index is 10.5. The lowest BCUT2D eigenvalue weighted by Gasteiger charge is -2.05. The predicted octanol–water partition coefficient (Wildman–Crippen LogP) is 3.77. The van der Waals surface area contributed by atoms with Crippen molar-refractivity contribution in [3.05, 3.63) is 35.4 Å². The highest BCUT2D eigenvalue weighted by atomic mass is 32.2. The van der Waals surface area contributed by atoms with Crippen LogP contribution in [0.25, 0.3) is 0 Å². The third-order valence-electron chi connectivity index (χ3n) is 3.36.